The lowest BCUT2D eigenvalue weighted by Gasteiger charge is -2.03. The molecule has 0 N–H and O–H groups in total. The molecule has 0 aliphatic carbocycles. The summed E-state index contributed by atoms with van der Waals surface area (Å²) in [6.45, 7) is -0.286. The van der Waals surface area contributed by atoms with Gasteiger partial charge in [-0.25, -0.2) is 14.3 Å². The summed E-state index contributed by atoms with van der Waals surface area (Å²) in [5, 5.41) is 21.3. The summed E-state index contributed by atoms with van der Waals surface area (Å²) in [6, 6.07) is 5.07. The van der Waals surface area contributed by atoms with Crippen LogP contribution in [0.3, 0.4) is 0 Å². The van der Waals surface area contributed by atoms with Crippen molar-refractivity contribution in [3.05, 3.63) is 62.1 Å². The number of carbonyl (C=O) groups is 1. The molecule has 0 unspecified atom stereocenters. The number of hydrogen-bond acceptors (Lipinski definition) is 7. The molecular formula is C12H10N4O6. The fraction of sp³-hybridized carbons (Fsp3) is 0.167. The van der Waals surface area contributed by atoms with Crippen LogP contribution in [0.15, 0.2) is 30.5 Å². The Morgan fingerprint density at radius 1 is 1.32 bits per heavy atom. The zero-order chi connectivity index (χ0) is 16.3. The smallest absolute Gasteiger partial charge is 0.342 e. The van der Waals surface area contributed by atoms with Gasteiger partial charge < -0.3 is 14.9 Å². The number of rotatable bonds is 5. The number of aromatic nitrogens is 2. The molecule has 0 saturated carbocycles. The average molecular weight is 306 g/mol. The monoisotopic (exact) mass is 306 g/mol. The van der Waals surface area contributed by atoms with Crippen molar-refractivity contribution >= 4 is 17.5 Å². The van der Waals surface area contributed by atoms with E-state index in [-0.39, 0.29) is 29.5 Å². The van der Waals surface area contributed by atoms with Crippen molar-refractivity contribution in [3.8, 4) is 0 Å². The molecule has 1 heterocycles. The molecule has 0 radical (unpaired) electrons. The summed E-state index contributed by atoms with van der Waals surface area (Å²) < 4.78 is 6.14. The van der Waals surface area contributed by atoms with Gasteiger partial charge in [-0.3, -0.25) is 10.1 Å². The second kappa shape index (κ2) is 5.99. The number of non-ortho nitro benzene ring substituents is 1. The fourth-order valence-electron chi connectivity index (χ4n) is 1.70. The third kappa shape index (κ3) is 3.06. The van der Waals surface area contributed by atoms with Gasteiger partial charge in [0.05, 0.1) is 17.5 Å². The maximum absolute atomic E-state index is 11.8. The molecular weight excluding hydrogens is 296 g/mol. The highest BCUT2D eigenvalue weighted by Crippen LogP contribution is 2.16. The molecule has 10 nitrogen and oxygen atoms in total. The summed E-state index contributed by atoms with van der Waals surface area (Å²) in [4.78, 5) is 35.7. The van der Waals surface area contributed by atoms with E-state index in [1.807, 2.05) is 0 Å². The van der Waals surface area contributed by atoms with E-state index in [1.165, 1.54) is 29.8 Å². The van der Waals surface area contributed by atoms with Crippen LogP contribution in [0.5, 0.6) is 0 Å². The summed E-state index contributed by atoms with van der Waals surface area (Å²) in [5.41, 5.74) is -0.222. The van der Waals surface area contributed by atoms with Crippen LogP contribution in [-0.2, 0) is 18.4 Å². The number of nitro groups is 2. The first-order valence-corrected chi connectivity index (χ1v) is 5.96. The van der Waals surface area contributed by atoms with Gasteiger partial charge in [-0.05, 0) is 11.0 Å². The molecule has 0 aliphatic rings. The number of benzene rings is 1. The minimum Gasteiger partial charge on any atom is -0.451 e. The van der Waals surface area contributed by atoms with Gasteiger partial charge in [0, 0.05) is 12.1 Å². The number of hydrogen-bond donors (Lipinski definition) is 0. The third-order valence-corrected chi connectivity index (χ3v) is 2.87. The summed E-state index contributed by atoms with van der Waals surface area (Å²) in [6.07, 6.45) is 1.05. The standard InChI is InChI=1S/C12H10N4O6/c1-14-10(13-6-11(14)16(20)21)7-22-12(17)8-3-2-4-9(5-8)15(18)19/h2-6H,7H2,1H3. The van der Waals surface area contributed by atoms with E-state index in [0.29, 0.717) is 0 Å². The van der Waals surface area contributed by atoms with Gasteiger partial charge in [0.2, 0.25) is 5.82 Å². The SMILES string of the molecule is Cn1c([N+](=O)[O-])cnc1COC(=O)c1cccc([N+](=O)[O-])c1. The Morgan fingerprint density at radius 2 is 2.05 bits per heavy atom. The third-order valence-electron chi connectivity index (χ3n) is 2.87. The van der Waals surface area contributed by atoms with E-state index in [4.69, 9.17) is 4.74 Å². The number of nitrogens with zero attached hydrogens (tertiary/aromatic N) is 4. The first-order chi connectivity index (χ1) is 10.4. The second-order valence-corrected chi connectivity index (χ2v) is 4.23. The van der Waals surface area contributed by atoms with Gasteiger partial charge in [0.1, 0.15) is 6.20 Å². The summed E-state index contributed by atoms with van der Waals surface area (Å²) >= 11 is 0. The molecule has 0 bridgehead atoms. The predicted octanol–water partition coefficient (Wildman–Crippen LogP) is 1.59. The van der Waals surface area contributed by atoms with Crippen molar-refractivity contribution in [2.45, 2.75) is 6.61 Å². The molecule has 2 rings (SSSR count). The zero-order valence-electron chi connectivity index (χ0n) is 11.3. The molecule has 0 spiro atoms. The highest BCUT2D eigenvalue weighted by molar-refractivity contribution is 5.90. The molecule has 2 aromatic rings. The van der Waals surface area contributed by atoms with Crippen LogP contribution in [0.4, 0.5) is 11.5 Å². The van der Waals surface area contributed by atoms with Gasteiger partial charge >= 0.3 is 11.8 Å². The molecule has 1 aromatic carbocycles. The zero-order valence-corrected chi connectivity index (χ0v) is 11.3. The minimum absolute atomic E-state index is 0.0120. The normalized spacial score (nSPS) is 10.2. The lowest BCUT2D eigenvalue weighted by Crippen LogP contribution is -2.09. The molecule has 22 heavy (non-hydrogen) atoms. The van der Waals surface area contributed by atoms with Crippen molar-refractivity contribution in [2.24, 2.45) is 7.05 Å². The van der Waals surface area contributed by atoms with E-state index in [0.717, 1.165) is 12.3 Å². The Morgan fingerprint density at radius 3 is 2.64 bits per heavy atom. The lowest BCUT2D eigenvalue weighted by molar-refractivity contribution is -0.391. The topological polar surface area (TPSA) is 130 Å². The molecule has 0 saturated heterocycles. The number of ether oxygens (including phenoxy) is 1. The van der Waals surface area contributed by atoms with E-state index in [2.05, 4.69) is 4.98 Å². The summed E-state index contributed by atoms with van der Waals surface area (Å²) in [7, 11) is 1.42. The van der Waals surface area contributed by atoms with Crippen molar-refractivity contribution in [1.82, 2.24) is 9.55 Å². The van der Waals surface area contributed by atoms with E-state index in [9.17, 15) is 25.0 Å². The Labute approximate surface area is 123 Å². The van der Waals surface area contributed by atoms with E-state index < -0.39 is 15.8 Å². The van der Waals surface area contributed by atoms with Gasteiger partial charge in [-0.2, -0.15) is 0 Å². The predicted molar refractivity (Wildman–Crippen MR) is 72.1 cm³/mol. The van der Waals surface area contributed by atoms with Gasteiger partial charge in [-0.15, -0.1) is 0 Å². The fourth-order valence-corrected chi connectivity index (χ4v) is 1.70. The number of nitro benzene ring substituents is 1. The first-order valence-electron chi connectivity index (χ1n) is 5.96. The Hall–Kier alpha value is -3.30. The quantitative estimate of drug-likeness (QED) is 0.465. The number of imidazole rings is 1. The average Bonchev–Trinajstić information content (AvgIpc) is 2.86. The van der Waals surface area contributed by atoms with Crippen LogP contribution in [-0.4, -0.2) is 25.4 Å². The van der Waals surface area contributed by atoms with Crippen LogP contribution in [0.25, 0.3) is 0 Å². The molecule has 0 fully saturated rings. The highest BCUT2D eigenvalue weighted by atomic mass is 16.6. The molecule has 0 atom stereocenters. The van der Waals surface area contributed by atoms with Crippen LogP contribution in [0, 0.1) is 20.2 Å². The molecule has 0 amide bonds. The van der Waals surface area contributed by atoms with Crippen LogP contribution in [0.2, 0.25) is 0 Å². The Balaban J connectivity index is 2.09. The largest absolute Gasteiger partial charge is 0.451 e. The maximum Gasteiger partial charge on any atom is 0.342 e. The van der Waals surface area contributed by atoms with E-state index in [1.54, 1.807) is 0 Å². The van der Waals surface area contributed by atoms with Gasteiger partial charge in [-0.1, -0.05) is 6.07 Å². The molecule has 1 aromatic heterocycles. The van der Waals surface area contributed by atoms with Crippen molar-refractivity contribution in [3.63, 3.8) is 0 Å². The van der Waals surface area contributed by atoms with E-state index >= 15 is 0 Å². The number of esters is 1. The van der Waals surface area contributed by atoms with Crippen LogP contribution in [0.1, 0.15) is 16.2 Å². The van der Waals surface area contributed by atoms with Crippen molar-refractivity contribution in [1.29, 1.82) is 0 Å². The van der Waals surface area contributed by atoms with Gasteiger partial charge in [0.15, 0.2) is 6.61 Å². The molecule has 114 valence electrons. The lowest BCUT2D eigenvalue weighted by atomic mass is 10.2. The summed E-state index contributed by atoms with van der Waals surface area (Å²) in [5.74, 6) is -0.832. The van der Waals surface area contributed by atoms with Crippen molar-refractivity contribution < 1.29 is 19.4 Å². The Bertz CT molecular complexity index is 754. The Kier molecular flexibility index (Phi) is 4.11. The first kappa shape index (κ1) is 15.1. The molecule has 0 aliphatic heterocycles. The second-order valence-electron chi connectivity index (χ2n) is 4.23. The van der Waals surface area contributed by atoms with Crippen molar-refractivity contribution in [2.75, 3.05) is 0 Å². The minimum atomic E-state index is -0.783. The number of carbonyl (C=O) groups excluding carboxylic acids is 1. The van der Waals surface area contributed by atoms with Crippen LogP contribution < -0.4 is 0 Å². The maximum atomic E-state index is 11.8. The van der Waals surface area contributed by atoms with Crippen LogP contribution >= 0.6 is 0 Å². The highest BCUT2D eigenvalue weighted by Gasteiger charge is 2.19. The molecule has 10 heteroatoms. The van der Waals surface area contributed by atoms with Gasteiger partial charge in [0.25, 0.3) is 5.69 Å².